The number of fused-ring (bicyclic) bond motifs is 2. The number of hydrogen-bond donors (Lipinski definition) is 1. The molecule has 1 spiro atoms. The van der Waals surface area contributed by atoms with Crippen molar-refractivity contribution < 1.29 is 18.7 Å². The number of likely N-dealkylation sites (tertiary alicyclic amines) is 1. The van der Waals surface area contributed by atoms with Crippen molar-refractivity contribution in [1.29, 1.82) is 0 Å². The Morgan fingerprint density at radius 3 is 2.88 bits per heavy atom. The lowest BCUT2D eigenvalue weighted by Crippen LogP contribution is -2.37. The number of amides is 2. The van der Waals surface area contributed by atoms with Crippen LogP contribution in [-0.2, 0) is 10.3 Å². The van der Waals surface area contributed by atoms with Gasteiger partial charge in [0.2, 0.25) is 0 Å². The summed E-state index contributed by atoms with van der Waals surface area (Å²) in [4.78, 5) is 26.0. The van der Waals surface area contributed by atoms with Crippen LogP contribution in [0.3, 0.4) is 0 Å². The number of halogens is 2. The van der Waals surface area contributed by atoms with Gasteiger partial charge in [0, 0.05) is 23.6 Å². The second-order valence-corrected chi connectivity index (χ2v) is 6.59. The van der Waals surface area contributed by atoms with E-state index in [1.165, 1.54) is 17.0 Å². The van der Waals surface area contributed by atoms with Gasteiger partial charge >= 0.3 is 12.0 Å². The molecule has 2 aromatic carbocycles. The van der Waals surface area contributed by atoms with Crippen LogP contribution < -0.4 is 5.32 Å². The molecule has 0 aliphatic carbocycles. The predicted molar refractivity (Wildman–Crippen MR) is 90.2 cm³/mol. The molecule has 1 atom stereocenters. The molecule has 5 nitrogen and oxygen atoms in total. The summed E-state index contributed by atoms with van der Waals surface area (Å²) >= 11 is 5.71. The first-order chi connectivity index (χ1) is 12.0. The van der Waals surface area contributed by atoms with Crippen molar-refractivity contribution in [2.75, 3.05) is 18.4 Å². The van der Waals surface area contributed by atoms with Gasteiger partial charge in [-0.1, -0.05) is 29.8 Å². The van der Waals surface area contributed by atoms with Crippen LogP contribution in [0.15, 0.2) is 42.5 Å². The highest BCUT2D eigenvalue weighted by Gasteiger charge is 2.50. The standard InChI is InChI=1S/C18H14ClFN2O3/c19-11-5-6-15(14(20)9-11)21-17(24)22-8-7-18(10-22)13-4-2-1-3-12(13)16(23)25-18/h1-6,9H,7-8,10H2,(H,21,24). The SMILES string of the molecule is O=C1OC2(CCN(C(=O)Nc3ccc(Cl)cc3F)C2)c2ccccc21. The first-order valence-corrected chi connectivity index (χ1v) is 8.20. The monoisotopic (exact) mass is 360 g/mol. The van der Waals surface area contributed by atoms with Crippen LogP contribution >= 0.6 is 11.6 Å². The van der Waals surface area contributed by atoms with Gasteiger partial charge in [-0.05, 0) is 24.3 Å². The average molecular weight is 361 g/mol. The lowest BCUT2D eigenvalue weighted by Gasteiger charge is -2.24. The number of urea groups is 1. The van der Waals surface area contributed by atoms with Gasteiger partial charge in [0.1, 0.15) is 5.82 Å². The molecule has 2 aliphatic rings. The van der Waals surface area contributed by atoms with Gasteiger partial charge < -0.3 is 15.0 Å². The summed E-state index contributed by atoms with van der Waals surface area (Å²) < 4.78 is 19.5. The molecule has 2 amide bonds. The number of anilines is 1. The molecule has 2 heterocycles. The fourth-order valence-corrected chi connectivity index (χ4v) is 3.55. The van der Waals surface area contributed by atoms with Gasteiger partial charge in [-0.15, -0.1) is 0 Å². The average Bonchev–Trinajstić information content (AvgIpc) is 3.13. The lowest BCUT2D eigenvalue weighted by molar-refractivity contribution is -0.00168. The molecule has 1 saturated heterocycles. The minimum Gasteiger partial charge on any atom is -0.449 e. The molecule has 25 heavy (non-hydrogen) atoms. The van der Waals surface area contributed by atoms with E-state index >= 15 is 0 Å². The maximum Gasteiger partial charge on any atom is 0.339 e. The van der Waals surface area contributed by atoms with E-state index in [2.05, 4.69) is 5.32 Å². The van der Waals surface area contributed by atoms with E-state index in [4.69, 9.17) is 16.3 Å². The number of ether oxygens (including phenoxy) is 1. The second kappa shape index (κ2) is 5.74. The Kier molecular flexibility index (Phi) is 3.65. The van der Waals surface area contributed by atoms with Gasteiger partial charge in [0.05, 0.1) is 17.8 Å². The zero-order chi connectivity index (χ0) is 17.6. The van der Waals surface area contributed by atoms with E-state index in [1.807, 2.05) is 12.1 Å². The van der Waals surface area contributed by atoms with Crippen molar-refractivity contribution in [2.24, 2.45) is 0 Å². The van der Waals surface area contributed by atoms with Crippen molar-refractivity contribution >= 4 is 29.3 Å². The smallest absolute Gasteiger partial charge is 0.339 e. The molecule has 0 radical (unpaired) electrons. The quantitative estimate of drug-likeness (QED) is 0.787. The molecule has 7 heteroatoms. The molecule has 2 aromatic rings. The van der Waals surface area contributed by atoms with Crippen LogP contribution in [0.25, 0.3) is 0 Å². The van der Waals surface area contributed by atoms with Crippen molar-refractivity contribution in [3.05, 3.63) is 64.4 Å². The van der Waals surface area contributed by atoms with Crippen LogP contribution in [0.5, 0.6) is 0 Å². The first kappa shape index (κ1) is 15.9. The maximum absolute atomic E-state index is 13.9. The van der Waals surface area contributed by atoms with E-state index in [0.29, 0.717) is 18.5 Å². The molecule has 1 N–H and O–H groups in total. The Morgan fingerprint density at radius 2 is 2.08 bits per heavy atom. The van der Waals surface area contributed by atoms with Gasteiger partial charge in [-0.25, -0.2) is 14.0 Å². The lowest BCUT2D eigenvalue weighted by atomic mass is 9.92. The van der Waals surface area contributed by atoms with E-state index in [9.17, 15) is 14.0 Å². The molecule has 1 unspecified atom stereocenters. The van der Waals surface area contributed by atoms with Gasteiger partial charge in [0.25, 0.3) is 0 Å². The number of nitrogens with zero attached hydrogens (tertiary/aromatic N) is 1. The minimum absolute atomic E-state index is 0.0548. The summed E-state index contributed by atoms with van der Waals surface area (Å²) in [5, 5.41) is 2.79. The molecular weight excluding hydrogens is 347 g/mol. The summed E-state index contributed by atoms with van der Waals surface area (Å²) in [7, 11) is 0. The molecular formula is C18H14ClFN2O3. The maximum atomic E-state index is 13.9. The van der Waals surface area contributed by atoms with Crippen LogP contribution in [-0.4, -0.2) is 30.0 Å². The highest BCUT2D eigenvalue weighted by molar-refractivity contribution is 6.30. The van der Waals surface area contributed by atoms with E-state index in [1.54, 1.807) is 12.1 Å². The van der Waals surface area contributed by atoms with Crippen LogP contribution in [0, 0.1) is 5.82 Å². The summed E-state index contributed by atoms with van der Waals surface area (Å²) in [6.45, 7) is 0.638. The Morgan fingerprint density at radius 1 is 1.28 bits per heavy atom. The molecule has 128 valence electrons. The van der Waals surface area contributed by atoms with Gasteiger partial charge in [-0.3, -0.25) is 0 Å². The third kappa shape index (κ3) is 2.62. The molecule has 0 aromatic heterocycles. The number of rotatable bonds is 1. The largest absolute Gasteiger partial charge is 0.449 e. The summed E-state index contributed by atoms with van der Waals surface area (Å²) in [6, 6.07) is 10.8. The highest BCUT2D eigenvalue weighted by atomic mass is 35.5. The van der Waals surface area contributed by atoms with Crippen molar-refractivity contribution in [3.63, 3.8) is 0 Å². The summed E-state index contributed by atoms with van der Waals surface area (Å²) in [5.41, 5.74) is 0.574. The number of carbonyl (C=O) groups is 2. The normalized spacial score (nSPS) is 21.4. The minimum atomic E-state index is -0.816. The fourth-order valence-electron chi connectivity index (χ4n) is 3.39. The van der Waals surface area contributed by atoms with Crippen molar-refractivity contribution in [3.8, 4) is 0 Å². The Balaban J connectivity index is 1.53. The fraction of sp³-hybridized carbons (Fsp3) is 0.222. The van der Waals surface area contributed by atoms with Crippen LogP contribution in [0.2, 0.25) is 5.02 Å². The summed E-state index contributed by atoms with van der Waals surface area (Å²) in [5.74, 6) is -0.978. The third-order valence-corrected chi connectivity index (χ3v) is 4.85. The first-order valence-electron chi connectivity index (χ1n) is 7.82. The molecule has 4 rings (SSSR count). The number of nitrogens with one attached hydrogen (secondary N) is 1. The van der Waals surface area contributed by atoms with Crippen molar-refractivity contribution in [2.45, 2.75) is 12.0 Å². The Hall–Kier alpha value is -2.60. The summed E-state index contributed by atoms with van der Waals surface area (Å²) in [6.07, 6.45) is 0.506. The number of carbonyl (C=O) groups excluding carboxylic acids is 2. The van der Waals surface area contributed by atoms with Gasteiger partial charge in [0.15, 0.2) is 5.60 Å². The van der Waals surface area contributed by atoms with Crippen molar-refractivity contribution in [1.82, 2.24) is 4.90 Å². The predicted octanol–water partition coefficient (Wildman–Crippen LogP) is 3.78. The van der Waals surface area contributed by atoms with E-state index in [-0.39, 0.29) is 23.2 Å². The van der Waals surface area contributed by atoms with Crippen LogP contribution in [0.1, 0.15) is 22.3 Å². The number of esters is 1. The number of hydrogen-bond acceptors (Lipinski definition) is 3. The highest BCUT2D eigenvalue weighted by Crippen LogP contribution is 2.43. The van der Waals surface area contributed by atoms with E-state index < -0.39 is 17.4 Å². The molecule has 0 saturated carbocycles. The van der Waals surface area contributed by atoms with Crippen LogP contribution in [0.4, 0.5) is 14.9 Å². The zero-order valence-electron chi connectivity index (χ0n) is 13.1. The topological polar surface area (TPSA) is 58.6 Å². The second-order valence-electron chi connectivity index (χ2n) is 6.16. The molecule has 2 aliphatic heterocycles. The Bertz CT molecular complexity index is 888. The zero-order valence-corrected chi connectivity index (χ0v) is 13.8. The molecule has 0 bridgehead atoms. The van der Waals surface area contributed by atoms with E-state index in [0.717, 1.165) is 11.6 Å². The number of benzene rings is 2. The Labute approximate surface area is 148 Å². The van der Waals surface area contributed by atoms with Gasteiger partial charge in [-0.2, -0.15) is 0 Å². The molecule has 1 fully saturated rings. The third-order valence-electron chi connectivity index (χ3n) is 4.62.